The molecule has 3 aromatic carbocycles. The van der Waals surface area contributed by atoms with Gasteiger partial charge < -0.3 is 4.42 Å². The first-order valence-corrected chi connectivity index (χ1v) is 10.4. The van der Waals surface area contributed by atoms with E-state index >= 15 is 0 Å². The summed E-state index contributed by atoms with van der Waals surface area (Å²) in [7, 11) is 0. The van der Waals surface area contributed by atoms with E-state index in [0.29, 0.717) is 10.8 Å². The van der Waals surface area contributed by atoms with Gasteiger partial charge in [0.25, 0.3) is 0 Å². The van der Waals surface area contributed by atoms with Crippen LogP contribution in [0.5, 0.6) is 0 Å². The third kappa shape index (κ3) is 3.90. The van der Waals surface area contributed by atoms with Gasteiger partial charge in [-0.15, -0.1) is 0 Å². The fourth-order valence-electron chi connectivity index (χ4n) is 3.49. The number of para-hydroxylation sites is 1. The summed E-state index contributed by atoms with van der Waals surface area (Å²) < 4.78 is 6.21. The van der Waals surface area contributed by atoms with Crippen molar-refractivity contribution in [2.45, 2.75) is 13.8 Å². The number of fused-ring (bicyclic) bond motifs is 2. The molecule has 31 heavy (non-hydrogen) atoms. The maximum Gasteiger partial charge on any atom is 0.146 e. The molecule has 0 aliphatic heterocycles. The SMILES string of the molecule is Cc1ccc(-c2cc(=NNc3ccc4ccccc4n3)c3cc(Cl)c(C)cc3o2)cc1. The zero-order chi connectivity index (χ0) is 21.4. The highest BCUT2D eigenvalue weighted by Gasteiger charge is 2.09. The molecule has 0 saturated heterocycles. The van der Waals surface area contributed by atoms with Crippen LogP contribution in [0.15, 0.2) is 88.4 Å². The van der Waals surface area contributed by atoms with Gasteiger partial charge in [-0.05, 0) is 49.7 Å². The van der Waals surface area contributed by atoms with E-state index in [-0.39, 0.29) is 0 Å². The van der Waals surface area contributed by atoms with Gasteiger partial charge in [0.1, 0.15) is 17.2 Å². The largest absolute Gasteiger partial charge is 0.456 e. The molecule has 0 amide bonds. The number of hydrogen-bond donors (Lipinski definition) is 1. The molecule has 5 aromatic rings. The minimum atomic E-state index is 0.669. The molecule has 1 N–H and O–H groups in total. The number of nitrogens with zero attached hydrogens (tertiary/aromatic N) is 2. The molecule has 0 bridgehead atoms. The molecule has 2 heterocycles. The van der Waals surface area contributed by atoms with Gasteiger partial charge >= 0.3 is 0 Å². The Hall–Kier alpha value is -3.63. The highest BCUT2D eigenvalue weighted by Crippen LogP contribution is 2.26. The number of pyridine rings is 1. The predicted molar refractivity (Wildman–Crippen MR) is 127 cm³/mol. The Balaban J connectivity index is 1.65. The molecule has 0 saturated carbocycles. The molecule has 0 aliphatic carbocycles. The van der Waals surface area contributed by atoms with Crippen LogP contribution >= 0.6 is 11.6 Å². The van der Waals surface area contributed by atoms with E-state index < -0.39 is 0 Å². The third-order valence-corrected chi connectivity index (χ3v) is 5.66. The second kappa shape index (κ2) is 7.89. The average Bonchev–Trinajstić information content (AvgIpc) is 2.78. The monoisotopic (exact) mass is 425 g/mol. The van der Waals surface area contributed by atoms with E-state index in [2.05, 4.69) is 34.6 Å². The summed E-state index contributed by atoms with van der Waals surface area (Å²) in [6.07, 6.45) is 0. The van der Waals surface area contributed by atoms with E-state index in [4.69, 9.17) is 16.0 Å². The van der Waals surface area contributed by atoms with Crippen molar-refractivity contribution in [1.29, 1.82) is 0 Å². The lowest BCUT2D eigenvalue weighted by Gasteiger charge is -2.08. The van der Waals surface area contributed by atoms with Crippen molar-refractivity contribution in [3.05, 3.63) is 100 Å². The Bertz CT molecular complexity index is 1490. The van der Waals surface area contributed by atoms with Crippen LogP contribution in [0, 0.1) is 13.8 Å². The van der Waals surface area contributed by atoms with Crippen LogP contribution in [0.25, 0.3) is 33.2 Å². The lowest BCUT2D eigenvalue weighted by Crippen LogP contribution is -2.08. The van der Waals surface area contributed by atoms with Crippen LogP contribution in [0.2, 0.25) is 5.02 Å². The molecule has 152 valence electrons. The predicted octanol–water partition coefficient (Wildman–Crippen LogP) is 6.85. The maximum atomic E-state index is 6.40. The van der Waals surface area contributed by atoms with Crippen LogP contribution in [-0.4, -0.2) is 4.98 Å². The van der Waals surface area contributed by atoms with E-state index in [1.54, 1.807) is 0 Å². The molecule has 2 aromatic heterocycles. The summed E-state index contributed by atoms with van der Waals surface area (Å²) in [5, 5.41) is 7.97. The van der Waals surface area contributed by atoms with E-state index in [0.717, 1.165) is 44.1 Å². The molecular formula is C26H20ClN3O. The summed E-state index contributed by atoms with van der Waals surface area (Å²) in [6, 6.07) is 25.9. The first-order valence-electron chi connectivity index (χ1n) is 10.0. The lowest BCUT2D eigenvalue weighted by molar-refractivity contribution is 0.618. The molecule has 0 fully saturated rings. The van der Waals surface area contributed by atoms with Gasteiger partial charge in [0, 0.05) is 27.4 Å². The molecule has 5 rings (SSSR count). The van der Waals surface area contributed by atoms with E-state index in [9.17, 15) is 0 Å². The van der Waals surface area contributed by atoms with Gasteiger partial charge in [0.05, 0.1) is 10.9 Å². The highest BCUT2D eigenvalue weighted by atomic mass is 35.5. The van der Waals surface area contributed by atoms with Gasteiger partial charge in [-0.25, -0.2) is 4.98 Å². The van der Waals surface area contributed by atoms with Crippen LogP contribution in [-0.2, 0) is 0 Å². The molecule has 0 radical (unpaired) electrons. The molecule has 0 spiro atoms. The number of aryl methyl sites for hydroxylation is 2. The third-order valence-electron chi connectivity index (χ3n) is 5.25. The van der Waals surface area contributed by atoms with E-state index in [1.165, 1.54) is 5.56 Å². The summed E-state index contributed by atoms with van der Waals surface area (Å²) in [4.78, 5) is 4.64. The quantitative estimate of drug-likeness (QED) is 0.322. The summed E-state index contributed by atoms with van der Waals surface area (Å²) in [6.45, 7) is 4.03. The Morgan fingerprint density at radius 3 is 2.55 bits per heavy atom. The van der Waals surface area contributed by atoms with Crippen molar-refractivity contribution in [2.75, 3.05) is 5.43 Å². The number of rotatable bonds is 3. The number of nitrogens with one attached hydrogen (secondary N) is 1. The minimum absolute atomic E-state index is 0.669. The van der Waals surface area contributed by atoms with Crippen LogP contribution in [0.1, 0.15) is 11.1 Å². The Labute approximate surface area is 184 Å². The van der Waals surface area contributed by atoms with Gasteiger partial charge in [0.2, 0.25) is 0 Å². The molecule has 4 nitrogen and oxygen atoms in total. The normalized spacial score (nSPS) is 11.9. The standard InChI is InChI=1S/C26H20ClN3O/c1-16-7-9-19(10-8-16)24-15-23(20-14-21(27)17(2)13-25(20)31-24)29-30-26-12-11-18-5-3-4-6-22(18)28-26/h3-15H,1-2H3,(H,28,30). The number of anilines is 1. The fraction of sp³-hybridized carbons (Fsp3) is 0.0769. The second-order valence-electron chi connectivity index (χ2n) is 7.57. The second-order valence-corrected chi connectivity index (χ2v) is 7.98. The molecule has 5 heteroatoms. The number of aromatic nitrogens is 1. The molecule has 0 unspecified atom stereocenters. The summed E-state index contributed by atoms with van der Waals surface area (Å²) in [5.41, 5.74) is 7.87. The van der Waals surface area contributed by atoms with Crippen LogP contribution < -0.4 is 10.8 Å². The van der Waals surface area contributed by atoms with E-state index in [1.807, 2.05) is 73.7 Å². The Morgan fingerprint density at radius 2 is 1.71 bits per heavy atom. The molecular weight excluding hydrogens is 406 g/mol. The number of benzene rings is 3. The van der Waals surface area contributed by atoms with Crippen molar-refractivity contribution in [2.24, 2.45) is 5.10 Å². The lowest BCUT2D eigenvalue weighted by atomic mass is 10.1. The van der Waals surface area contributed by atoms with Crippen molar-refractivity contribution in [1.82, 2.24) is 4.98 Å². The molecule has 0 aliphatic rings. The topological polar surface area (TPSA) is 50.4 Å². The van der Waals surface area contributed by atoms with Crippen molar-refractivity contribution in [3.8, 4) is 11.3 Å². The van der Waals surface area contributed by atoms with Gasteiger partial charge in [-0.2, -0.15) is 5.10 Å². The summed E-state index contributed by atoms with van der Waals surface area (Å²) in [5.74, 6) is 1.41. The zero-order valence-electron chi connectivity index (χ0n) is 17.2. The first-order chi connectivity index (χ1) is 15.1. The average molecular weight is 426 g/mol. The molecule has 0 atom stereocenters. The van der Waals surface area contributed by atoms with Crippen LogP contribution in [0.3, 0.4) is 0 Å². The highest BCUT2D eigenvalue weighted by molar-refractivity contribution is 6.32. The van der Waals surface area contributed by atoms with Crippen molar-refractivity contribution < 1.29 is 4.42 Å². The fourth-order valence-corrected chi connectivity index (χ4v) is 3.65. The van der Waals surface area contributed by atoms with Crippen molar-refractivity contribution in [3.63, 3.8) is 0 Å². The van der Waals surface area contributed by atoms with Gasteiger partial charge in [-0.3, -0.25) is 5.43 Å². The smallest absolute Gasteiger partial charge is 0.146 e. The zero-order valence-corrected chi connectivity index (χ0v) is 17.9. The minimum Gasteiger partial charge on any atom is -0.456 e. The number of halogens is 1. The Kier molecular flexibility index (Phi) is 4.92. The number of hydrogen-bond acceptors (Lipinski definition) is 4. The van der Waals surface area contributed by atoms with Gasteiger partial charge in [0.15, 0.2) is 0 Å². The Morgan fingerprint density at radius 1 is 0.903 bits per heavy atom. The maximum absolute atomic E-state index is 6.40. The van der Waals surface area contributed by atoms with Crippen LogP contribution in [0.4, 0.5) is 5.82 Å². The van der Waals surface area contributed by atoms with Crippen molar-refractivity contribution >= 4 is 39.3 Å². The van der Waals surface area contributed by atoms with Gasteiger partial charge in [-0.1, -0.05) is 59.6 Å². The first kappa shape index (κ1) is 19.3. The summed E-state index contributed by atoms with van der Waals surface area (Å²) >= 11 is 6.40.